The van der Waals surface area contributed by atoms with Gasteiger partial charge in [-0.3, -0.25) is 4.98 Å². The summed E-state index contributed by atoms with van der Waals surface area (Å²) in [5.74, 6) is 0.116. The summed E-state index contributed by atoms with van der Waals surface area (Å²) in [6, 6.07) is 1.43. The van der Waals surface area contributed by atoms with Crippen molar-refractivity contribution in [3.8, 4) is 0 Å². The molecule has 0 unspecified atom stereocenters. The van der Waals surface area contributed by atoms with E-state index in [0.717, 1.165) is 5.56 Å². The van der Waals surface area contributed by atoms with Crippen LogP contribution in [-0.2, 0) is 6.54 Å². The quantitative estimate of drug-likeness (QED) is 0.773. The van der Waals surface area contributed by atoms with Gasteiger partial charge in [0.25, 0.3) is 0 Å². The summed E-state index contributed by atoms with van der Waals surface area (Å²) in [5.41, 5.74) is 6.22. The van der Waals surface area contributed by atoms with Crippen LogP contribution in [0.2, 0.25) is 0 Å². The highest BCUT2D eigenvalue weighted by Crippen LogP contribution is 2.05. The molecule has 2 rings (SSSR count). The van der Waals surface area contributed by atoms with Crippen LogP contribution in [0.5, 0.6) is 0 Å². The Hall–Kier alpha value is -1.91. The van der Waals surface area contributed by atoms with Gasteiger partial charge in [0.15, 0.2) is 0 Å². The third-order valence-electron chi connectivity index (χ3n) is 1.78. The van der Waals surface area contributed by atoms with Gasteiger partial charge in [0.1, 0.15) is 11.6 Å². The summed E-state index contributed by atoms with van der Waals surface area (Å²) in [4.78, 5) is 7.61. The third kappa shape index (κ3) is 1.87. The molecule has 0 aliphatic carbocycles. The van der Waals surface area contributed by atoms with Gasteiger partial charge >= 0.3 is 0 Å². The second kappa shape index (κ2) is 3.45. The Labute approximate surface area is 80.2 Å². The van der Waals surface area contributed by atoms with Crippen LogP contribution in [0, 0.1) is 5.82 Å². The minimum atomic E-state index is -0.337. The van der Waals surface area contributed by atoms with Crippen LogP contribution in [-0.4, -0.2) is 14.5 Å². The van der Waals surface area contributed by atoms with Gasteiger partial charge in [-0.15, -0.1) is 0 Å². The molecule has 2 N–H and O–H groups in total. The number of rotatable bonds is 2. The van der Waals surface area contributed by atoms with Crippen molar-refractivity contribution in [3.05, 3.63) is 42.4 Å². The number of nitrogen functional groups attached to an aromatic ring is 1. The topological polar surface area (TPSA) is 56.7 Å². The number of pyridine rings is 1. The zero-order valence-corrected chi connectivity index (χ0v) is 7.39. The lowest BCUT2D eigenvalue weighted by Crippen LogP contribution is -1.97. The van der Waals surface area contributed by atoms with Crippen molar-refractivity contribution < 1.29 is 4.39 Å². The van der Waals surface area contributed by atoms with E-state index in [4.69, 9.17) is 5.73 Å². The first-order chi connectivity index (χ1) is 6.74. The fourth-order valence-corrected chi connectivity index (χ4v) is 1.22. The average molecular weight is 192 g/mol. The molecule has 0 aliphatic heterocycles. The number of halogens is 1. The number of nitrogens with two attached hydrogens (primary N) is 1. The SMILES string of the molecule is Nc1cn(Cc2cncc(F)c2)cn1. The molecule has 4 nitrogen and oxygen atoms in total. The molecule has 0 atom stereocenters. The molecule has 0 amide bonds. The lowest BCUT2D eigenvalue weighted by molar-refractivity contribution is 0.616. The first-order valence-electron chi connectivity index (χ1n) is 4.11. The van der Waals surface area contributed by atoms with Gasteiger partial charge in [-0.1, -0.05) is 0 Å². The average Bonchev–Trinajstić information content (AvgIpc) is 2.51. The summed E-state index contributed by atoms with van der Waals surface area (Å²) < 4.78 is 14.5. The smallest absolute Gasteiger partial charge is 0.141 e. The van der Waals surface area contributed by atoms with E-state index in [1.54, 1.807) is 23.3 Å². The Bertz CT molecular complexity index is 438. The van der Waals surface area contributed by atoms with Gasteiger partial charge in [-0.2, -0.15) is 0 Å². The molecule has 72 valence electrons. The van der Waals surface area contributed by atoms with Crippen LogP contribution >= 0.6 is 0 Å². The molecule has 0 spiro atoms. The highest BCUT2D eigenvalue weighted by molar-refractivity contribution is 5.23. The second-order valence-electron chi connectivity index (χ2n) is 2.98. The largest absolute Gasteiger partial charge is 0.382 e. The molecule has 0 saturated heterocycles. The van der Waals surface area contributed by atoms with Crippen molar-refractivity contribution in [2.24, 2.45) is 0 Å². The molecule has 0 saturated carbocycles. The maximum absolute atomic E-state index is 12.8. The normalized spacial score (nSPS) is 10.4. The summed E-state index contributed by atoms with van der Waals surface area (Å²) in [7, 11) is 0. The van der Waals surface area contributed by atoms with Crippen molar-refractivity contribution in [1.29, 1.82) is 0 Å². The first kappa shape index (κ1) is 8.68. The van der Waals surface area contributed by atoms with Gasteiger partial charge in [0.05, 0.1) is 19.1 Å². The molecule has 2 heterocycles. The molecule has 0 bridgehead atoms. The molecule has 2 aromatic rings. The van der Waals surface area contributed by atoms with Crippen molar-refractivity contribution in [3.63, 3.8) is 0 Å². The van der Waals surface area contributed by atoms with Gasteiger partial charge in [0.2, 0.25) is 0 Å². The summed E-state index contributed by atoms with van der Waals surface area (Å²) in [6.07, 6.45) is 6.07. The third-order valence-corrected chi connectivity index (χ3v) is 1.78. The van der Waals surface area contributed by atoms with Crippen molar-refractivity contribution >= 4 is 5.82 Å². The molecular weight excluding hydrogens is 183 g/mol. The standard InChI is InChI=1S/C9H9FN4/c10-8-1-7(2-12-3-8)4-14-5-9(11)13-6-14/h1-3,5-6H,4,11H2. The van der Waals surface area contributed by atoms with Crippen LogP contribution in [0.1, 0.15) is 5.56 Å². The molecule has 0 aromatic carbocycles. The summed E-state index contributed by atoms with van der Waals surface area (Å²) in [5, 5.41) is 0. The van der Waals surface area contributed by atoms with Gasteiger partial charge in [-0.25, -0.2) is 9.37 Å². The predicted octanol–water partition coefficient (Wildman–Crippen LogP) is 1.05. The molecule has 0 aliphatic rings. The van der Waals surface area contributed by atoms with Crippen molar-refractivity contribution in [2.75, 3.05) is 5.73 Å². The fraction of sp³-hybridized carbons (Fsp3) is 0.111. The van der Waals surface area contributed by atoms with Gasteiger partial charge in [-0.05, 0) is 11.6 Å². The van der Waals surface area contributed by atoms with E-state index in [2.05, 4.69) is 9.97 Å². The number of nitrogens with zero attached hydrogens (tertiary/aromatic N) is 3. The van der Waals surface area contributed by atoms with Gasteiger partial charge in [0, 0.05) is 12.4 Å². The number of aromatic nitrogens is 3. The second-order valence-corrected chi connectivity index (χ2v) is 2.98. The van der Waals surface area contributed by atoms with E-state index in [1.807, 2.05) is 0 Å². The first-order valence-corrected chi connectivity index (χ1v) is 4.11. The van der Waals surface area contributed by atoms with E-state index >= 15 is 0 Å². The Balaban J connectivity index is 2.18. The molecular formula is C9H9FN4. The monoisotopic (exact) mass is 192 g/mol. The van der Waals surface area contributed by atoms with E-state index in [9.17, 15) is 4.39 Å². The highest BCUT2D eigenvalue weighted by Gasteiger charge is 1.98. The lowest BCUT2D eigenvalue weighted by Gasteiger charge is -2.00. The van der Waals surface area contributed by atoms with Gasteiger partial charge < -0.3 is 10.3 Å². The highest BCUT2D eigenvalue weighted by atomic mass is 19.1. The maximum Gasteiger partial charge on any atom is 0.141 e. The Morgan fingerprint density at radius 1 is 1.43 bits per heavy atom. The molecule has 5 heteroatoms. The van der Waals surface area contributed by atoms with Crippen LogP contribution < -0.4 is 5.73 Å². The summed E-state index contributed by atoms with van der Waals surface area (Å²) >= 11 is 0. The minimum Gasteiger partial charge on any atom is -0.382 e. The Morgan fingerprint density at radius 3 is 2.93 bits per heavy atom. The molecule has 2 aromatic heterocycles. The molecule has 0 fully saturated rings. The maximum atomic E-state index is 12.8. The van der Waals surface area contributed by atoms with Crippen LogP contribution in [0.3, 0.4) is 0 Å². The number of imidazole rings is 1. The summed E-state index contributed by atoms with van der Waals surface area (Å²) in [6.45, 7) is 0.523. The Morgan fingerprint density at radius 2 is 2.29 bits per heavy atom. The van der Waals surface area contributed by atoms with Crippen LogP contribution in [0.15, 0.2) is 31.0 Å². The molecule has 14 heavy (non-hydrogen) atoms. The van der Waals surface area contributed by atoms with Crippen LogP contribution in [0.4, 0.5) is 10.2 Å². The van der Waals surface area contributed by atoms with E-state index < -0.39 is 0 Å². The van der Waals surface area contributed by atoms with E-state index in [1.165, 1.54) is 12.3 Å². The fourth-order valence-electron chi connectivity index (χ4n) is 1.22. The number of hydrogen-bond acceptors (Lipinski definition) is 3. The number of anilines is 1. The van der Waals surface area contributed by atoms with Crippen molar-refractivity contribution in [2.45, 2.75) is 6.54 Å². The minimum absolute atomic E-state index is 0.337. The number of hydrogen-bond donors (Lipinski definition) is 1. The zero-order valence-electron chi connectivity index (χ0n) is 7.39. The predicted molar refractivity (Wildman–Crippen MR) is 49.9 cm³/mol. The lowest BCUT2D eigenvalue weighted by atomic mass is 10.3. The zero-order chi connectivity index (χ0) is 9.97. The van der Waals surface area contributed by atoms with E-state index in [0.29, 0.717) is 12.4 Å². The van der Waals surface area contributed by atoms with Crippen LogP contribution in [0.25, 0.3) is 0 Å². The Kier molecular flexibility index (Phi) is 2.14. The van der Waals surface area contributed by atoms with Crippen molar-refractivity contribution in [1.82, 2.24) is 14.5 Å². The van der Waals surface area contributed by atoms with E-state index in [-0.39, 0.29) is 5.82 Å². The molecule has 0 radical (unpaired) electrons.